The molecule has 0 fully saturated rings. The number of aromatic nitrogens is 1. The van der Waals surface area contributed by atoms with Crippen LogP contribution >= 0.6 is 11.3 Å². The summed E-state index contributed by atoms with van der Waals surface area (Å²) >= 11 is 1.26. The van der Waals surface area contributed by atoms with Crippen molar-refractivity contribution in [2.24, 2.45) is 0 Å². The van der Waals surface area contributed by atoms with E-state index in [9.17, 15) is 4.79 Å². The van der Waals surface area contributed by atoms with Gasteiger partial charge in [-0.25, -0.2) is 9.78 Å². The van der Waals surface area contributed by atoms with Crippen LogP contribution < -0.4 is 4.90 Å². The lowest BCUT2D eigenvalue weighted by Crippen LogP contribution is -2.33. The zero-order valence-corrected chi connectivity index (χ0v) is 11.5. The van der Waals surface area contributed by atoms with Crippen molar-refractivity contribution in [2.75, 3.05) is 11.4 Å². The highest BCUT2D eigenvalue weighted by atomic mass is 32.1. The van der Waals surface area contributed by atoms with Gasteiger partial charge in [-0.15, -0.1) is 0 Å². The number of unbranched alkanes of at least 4 members (excludes halogenated alkanes) is 1. The van der Waals surface area contributed by atoms with Crippen LogP contribution in [-0.4, -0.2) is 28.6 Å². The Morgan fingerprint density at radius 3 is 2.76 bits per heavy atom. The second-order valence-corrected chi connectivity index (χ2v) is 5.13. The topological polar surface area (TPSA) is 53.4 Å². The van der Waals surface area contributed by atoms with Crippen molar-refractivity contribution in [1.82, 2.24) is 4.98 Å². The van der Waals surface area contributed by atoms with Crippen LogP contribution in [-0.2, 0) is 0 Å². The Labute approximate surface area is 106 Å². The quantitative estimate of drug-likeness (QED) is 0.813. The number of nitrogens with zero attached hydrogens (tertiary/aromatic N) is 2. The number of anilines is 1. The Morgan fingerprint density at radius 2 is 2.29 bits per heavy atom. The molecule has 17 heavy (non-hydrogen) atoms. The number of aromatic carboxylic acids is 1. The maximum Gasteiger partial charge on any atom is 0.347 e. The van der Waals surface area contributed by atoms with E-state index < -0.39 is 5.97 Å². The molecule has 0 amide bonds. The van der Waals surface area contributed by atoms with Crippen LogP contribution in [0.15, 0.2) is 6.20 Å². The van der Waals surface area contributed by atoms with Gasteiger partial charge in [0, 0.05) is 12.6 Å². The van der Waals surface area contributed by atoms with Crippen molar-refractivity contribution < 1.29 is 9.90 Å². The minimum Gasteiger partial charge on any atom is -0.477 e. The van der Waals surface area contributed by atoms with Gasteiger partial charge in [0.25, 0.3) is 0 Å². The Hall–Kier alpha value is -1.10. The number of carboxylic acids is 1. The SMILES string of the molecule is CCCCN(c1ncc(C(=O)O)s1)C(C)CC. The minimum absolute atomic E-state index is 0.310. The van der Waals surface area contributed by atoms with E-state index in [0.29, 0.717) is 10.9 Å². The molecule has 4 nitrogen and oxygen atoms in total. The van der Waals surface area contributed by atoms with E-state index in [1.165, 1.54) is 17.5 Å². The lowest BCUT2D eigenvalue weighted by molar-refractivity contribution is 0.0702. The number of carboxylic acid groups (broad SMARTS) is 1. The summed E-state index contributed by atoms with van der Waals surface area (Å²) in [5.74, 6) is -0.895. The van der Waals surface area contributed by atoms with Crippen LogP contribution in [0, 0.1) is 0 Å². The van der Waals surface area contributed by atoms with E-state index in [2.05, 4.69) is 30.7 Å². The van der Waals surface area contributed by atoms with E-state index in [-0.39, 0.29) is 0 Å². The molecule has 1 heterocycles. The molecule has 0 aliphatic carbocycles. The molecule has 1 unspecified atom stereocenters. The lowest BCUT2D eigenvalue weighted by Gasteiger charge is -2.27. The van der Waals surface area contributed by atoms with Crippen molar-refractivity contribution >= 4 is 22.4 Å². The predicted molar refractivity (Wildman–Crippen MR) is 71.1 cm³/mol. The molecule has 0 saturated carbocycles. The van der Waals surface area contributed by atoms with E-state index in [1.807, 2.05) is 0 Å². The summed E-state index contributed by atoms with van der Waals surface area (Å²) in [4.78, 5) is 17.6. The number of hydrogen-bond acceptors (Lipinski definition) is 4. The highest BCUT2D eigenvalue weighted by Crippen LogP contribution is 2.25. The molecule has 1 atom stereocenters. The van der Waals surface area contributed by atoms with Crippen LogP contribution in [0.3, 0.4) is 0 Å². The van der Waals surface area contributed by atoms with Crippen molar-refractivity contribution in [2.45, 2.75) is 46.1 Å². The number of hydrogen-bond donors (Lipinski definition) is 1. The molecule has 96 valence electrons. The summed E-state index contributed by atoms with van der Waals surface area (Å²) in [6.07, 6.45) is 4.71. The number of thiazole rings is 1. The molecule has 5 heteroatoms. The third kappa shape index (κ3) is 3.70. The van der Waals surface area contributed by atoms with Gasteiger partial charge in [-0.2, -0.15) is 0 Å². The van der Waals surface area contributed by atoms with Crippen LogP contribution in [0.2, 0.25) is 0 Å². The van der Waals surface area contributed by atoms with Crippen molar-refractivity contribution in [3.63, 3.8) is 0 Å². The molecular weight excluding hydrogens is 236 g/mol. The number of rotatable bonds is 7. The van der Waals surface area contributed by atoms with E-state index in [4.69, 9.17) is 5.11 Å². The molecule has 1 rings (SSSR count). The Kier molecular flexibility index (Phi) is 5.41. The van der Waals surface area contributed by atoms with Crippen LogP contribution in [0.5, 0.6) is 0 Å². The van der Waals surface area contributed by atoms with Gasteiger partial charge in [0.05, 0.1) is 6.20 Å². The largest absolute Gasteiger partial charge is 0.477 e. The molecule has 0 aliphatic heterocycles. The van der Waals surface area contributed by atoms with Gasteiger partial charge in [-0.1, -0.05) is 31.6 Å². The van der Waals surface area contributed by atoms with Crippen LogP contribution in [0.1, 0.15) is 49.7 Å². The van der Waals surface area contributed by atoms with Gasteiger partial charge in [0.15, 0.2) is 5.13 Å². The van der Waals surface area contributed by atoms with Crippen molar-refractivity contribution in [3.8, 4) is 0 Å². The summed E-state index contributed by atoms with van der Waals surface area (Å²) < 4.78 is 0. The summed E-state index contributed by atoms with van der Waals surface area (Å²) in [5, 5.41) is 9.73. The van der Waals surface area contributed by atoms with Gasteiger partial charge < -0.3 is 10.0 Å². The molecule has 0 spiro atoms. The van der Waals surface area contributed by atoms with Gasteiger partial charge in [0.1, 0.15) is 4.88 Å². The third-order valence-corrected chi connectivity index (χ3v) is 3.85. The zero-order valence-electron chi connectivity index (χ0n) is 10.6. The van der Waals surface area contributed by atoms with Gasteiger partial charge >= 0.3 is 5.97 Å². The predicted octanol–water partition coefficient (Wildman–Crippen LogP) is 3.25. The maximum atomic E-state index is 10.8. The Bertz CT molecular complexity index is 365. The van der Waals surface area contributed by atoms with Crippen molar-refractivity contribution in [3.05, 3.63) is 11.1 Å². The van der Waals surface area contributed by atoms with E-state index in [0.717, 1.165) is 30.9 Å². The molecule has 0 saturated heterocycles. The summed E-state index contributed by atoms with van der Waals surface area (Å²) in [6, 6.07) is 0.398. The highest BCUT2D eigenvalue weighted by Gasteiger charge is 2.17. The van der Waals surface area contributed by atoms with E-state index in [1.54, 1.807) is 0 Å². The monoisotopic (exact) mass is 256 g/mol. The molecule has 0 bridgehead atoms. The standard InChI is InChI=1S/C12H20N2O2S/c1-4-6-7-14(9(3)5-2)12-13-8-10(17-12)11(15)16/h8-9H,4-7H2,1-3H3,(H,15,16). The van der Waals surface area contributed by atoms with Gasteiger partial charge in [-0.05, 0) is 19.8 Å². The molecule has 1 aromatic rings. The minimum atomic E-state index is -0.895. The van der Waals surface area contributed by atoms with Crippen LogP contribution in [0.4, 0.5) is 5.13 Å². The van der Waals surface area contributed by atoms with E-state index >= 15 is 0 Å². The first-order valence-corrected chi connectivity index (χ1v) is 6.87. The molecule has 0 aliphatic rings. The van der Waals surface area contributed by atoms with Crippen molar-refractivity contribution in [1.29, 1.82) is 0 Å². The molecule has 0 aromatic carbocycles. The number of carbonyl (C=O) groups is 1. The Morgan fingerprint density at radius 1 is 1.59 bits per heavy atom. The fourth-order valence-electron chi connectivity index (χ4n) is 1.55. The molecule has 1 aromatic heterocycles. The highest BCUT2D eigenvalue weighted by molar-refractivity contribution is 7.17. The summed E-state index contributed by atoms with van der Waals surface area (Å²) in [5.41, 5.74) is 0. The first-order chi connectivity index (χ1) is 8.10. The summed E-state index contributed by atoms with van der Waals surface area (Å²) in [6.45, 7) is 7.38. The third-order valence-electron chi connectivity index (χ3n) is 2.83. The molecule has 0 radical (unpaired) electrons. The molecular formula is C12H20N2O2S. The fourth-order valence-corrected chi connectivity index (χ4v) is 2.43. The van der Waals surface area contributed by atoms with Gasteiger partial charge in [-0.3, -0.25) is 0 Å². The van der Waals surface area contributed by atoms with Gasteiger partial charge in [0.2, 0.25) is 0 Å². The second kappa shape index (κ2) is 6.59. The average molecular weight is 256 g/mol. The lowest BCUT2D eigenvalue weighted by atomic mass is 10.2. The smallest absolute Gasteiger partial charge is 0.347 e. The van der Waals surface area contributed by atoms with Crippen LogP contribution in [0.25, 0.3) is 0 Å². The Balaban J connectivity index is 2.83. The molecule has 1 N–H and O–H groups in total. The maximum absolute atomic E-state index is 10.8. The first kappa shape index (κ1) is 14.0. The second-order valence-electron chi connectivity index (χ2n) is 4.12. The fraction of sp³-hybridized carbons (Fsp3) is 0.667. The average Bonchev–Trinajstić information content (AvgIpc) is 2.78. The zero-order chi connectivity index (χ0) is 12.8. The normalized spacial score (nSPS) is 12.4. The summed E-state index contributed by atoms with van der Waals surface area (Å²) in [7, 11) is 0. The first-order valence-electron chi connectivity index (χ1n) is 6.05.